The molecule has 2 aromatic heterocycles. The van der Waals surface area contributed by atoms with E-state index in [0.717, 1.165) is 18.6 Å². The minimum atomic E-state index is -0.171. The van der Waals surface area contributed by atoms with E-state index in [9.17, 15) is 9.59 Å². The van der Waals surface area contributed by atoms with Gasteiger partial charge in [0.15, 0.2) is 0 Å². The average Bonchev–Trinajstić information content (AvgIpc) is 3.45. The molecule has 0 bridgehead atoms. The monoisotopic (exact) mass is 426 g/mol. The van der Waals surface area contributed by atoms with Crippen molar-refractivity contribution >= 4 is 28.8 Å². The van der Waals surface area contributed by atoms with Crippen molar-refractivity contribution in [2.24, 2.45) is 0 Å². The summed E-state index contributed by atoms with van der Waals surface area (Å²) < 4.78 is 10.7. The number of carbonyl (C=O) groups is 2. The van der Waals surface area contributed by atoms with Crippen molar-refractivity contribution in [2.75, 3.05) is 18.5 Å². The van der Waals surface area contributed by atoms with Gasteiger partial charge in [-0.05, 0) is 61.0 Å². The molecule has 0 unspecified atom stereocenters. The van der Waals surface area contributed by atoms with Gasteiger partial charge in [0, 0.05) is 35.7 Å². The number of hydrogen-bond donors (Lipinski definition) is 2. The molecule has 1 aromatic carbocycles. The maximum Gasteiger partial charge on any atom is 0.251 e. The summed E-state index contributed by atoms with van der Waals surface area (Å²) in [5.41, 5.74) is 1.15. The first-order valence-electron chi connectivity index (χ1n) is 10.0. The highest BCUT2D eigenvalue weighted by Crippen LogP contribution is 2.14. The number of rotatable bonds is 12. The number of furan rings is 1. The van der Waals surface area contributed by atoms with E-state index < -0.39 is 0 Å². The summed E-state index contributed by atoms with van der Waals surface area (Å²) in [6, 6.07) is 14.8. The van der Waals surface area contributed by atoms with E-state index in [4.69, 9.17) is 9.15 Å². The van der Waals surface area contributed by atoms with Gasteiger partial charge in [-0.1, -0.05) is 12.1 Å². The molecule has 0 radical (unpaired) electrons. The number of benzene rings is 1. The van der Waals surface area contributed by atoms with Gasteiger partial charge < -0.3 is 19.8 Å². The number of aryl methyl sites for hydroxylation is 1. The van der Waals surface area contributed by atoms with Gasteiger partial charge in [0.05, 0.1) is 6.26 Å². The normalized spacial score (nSPS) is 10.7. The van der Waals surface area contributed by atoms with Gasteiger partial charge in [-0.3, -0.25) is 9.59 Å². The second kappa shape index (κ2) is 11.9. The van der Waals surface area contributed by atoms with Crippen molar-refractivity contribution in [1.82, 2.24) is 5.32 Å². The standard InChI is InChI=1S/C23H26N2O4S/c26-22(11-2-9-21-10-4-15-30-21)25-19-7-1-6-18(16-19)23(27)24-12-5-13-28-17-20-8-3-14-29-20/h1,3-4,6-8,10,14-16H,2,5,9,11-13,17H2,(H,24,27)(H,25,26). The third-order valence-corrected chi connectivity index (χ3v) is 5.33. The molecule has 7 heteroatoms. The molecule has 0 saturated carbocycles. The number of ether oxygens (including phenoxy) is 1. The fourth-order valence-corrected chi connectivity index (χ4v) is 3.64. The molecule has 6 nitrogen and oxygen atoms in total. The predicted molar refractivity (Wildman–Crippen MR) is 118 cm³/mol. The van der Waals surface area contributed by atoms with Crippen molar-refractivity contribution in [3.05, 3.63) is 76.4 Å². The zero-order valence-corrected chi connectivity index (χ0v) is 17.6. The summed E-state index contributed by atoms with van der Waals surface area (Å²) >= 11 is 1.71. The van der Waals surface area contributed by atoms with Gasteiger partial charge in [-0.2, -0.15) is 0 Å². The van der Waals surface area contributed by atoms with E-state index in [2.05, 4.69) is 16.7 Å². The Morgan fingerprint density at radius 3 is 2.80 bits per heavy atom. The summed E-state index contributed by atoms with van der Waals surface area (Å²) in [4.78, 5) is 25.8. The number of amides is 2. The fraction of sp³-hybridized carbons (Fsp3) is 0.304. The summed E-state index contributed by atoms with van der Waals surface area (Å²) in [6.45, 7) is 1.47. The van der Waals surface area contributed by atoms with E-state index in [-0.39, 0.29) is 11.8 Å². The largest absolute Gasteiger partial charge is 0.467 e. The van der Waals surface area contributed by atoms with Crippen LogP contribution in [-0.2, 0) is 22.6 Å². The van der Waals surface area contributed by atoms with Crippen LogP contribution < -0.4 is 10.6 Å². The summed E-state index contributed by atoms with van der Waals surface area (Å²) in [5, 5.41) is 7.78. The lowest BCUT2D eigenvalue weighted by molar-refractivity contribution is -0.116. The minimum Gasteiger partial charge on any atom is -0.467 e. The Morgan fingerprint density at radius 1 is 1.07 bits per heavy atom. The van der Waals surface area contributed by atoms with Crippen molar-refractivity contribution < 1.29 is 18.7 Å². The Hall–Kier alpha value is -2.90. The Morgan fingerprint density at radius 2 is 2.00 bits per heavy atom. The zero-order chi connectivity index (χ0) is 21.0. The molecule has 0 saturated heterocycles. The number of thiophene rings is 1. The van der Waals surface area contributed by atoms with Crippen LogP contribution >= 0.6 is 11.3 Å². The summed E-state index contributed by atoms with van der Waals surface area (Å²) in [7, 11) is 0. The quantitative estimate of drug-likeness (QED) is 0.414. The van der Waals surface area contributed by atoms with Crippen LogP contribution in [0.2, 0.25) is 0 Å². The SMILES string of the molecule is O=C(CCCc1cccs1)Nc1cccc(C(=O)NCCCOCc2ccco2)c1. The van der Waals surface area contributed by atoms with Crippen molar-refractivity contribution in [3.8, 4) is 0 Å². The highest BCUT2D eigenvalue weighted by atomic mass is 32.1. The predicted octanol–water partition coefficient (Wildman–Crippen LogP) is 4.64. The van der Waals surface area contributed by atoms with Gasteiger partial charge in [0.2, 0.25) is 5.91 Å². The van der Waals surface area contributed by atoms with Crippen molar-refractivity contribution in [3.63, 3.8) is 0 Å². The Bertz CT molecular complexity index is 907. The average molecular weight is 427 g/mol. The molecular weight excluding hydrogens is 400 g/mol. The molecule has 0 fully saturated rings. The summed E-state index contributed by atoms with van der Waals surface area (Å²) in [6.07, 6.45) is 4.47. The molecule has 30 heavy (non-hydrogen) atoms. The first kappa shape index (κ1) is 21.8. The van der Waals surface area contributed by atoms with Crippen LogP contribution in [0.1, 0.15) is 40.3 Å². The van der Waals surface area contributed by atoms with Crippen molar-refractivity contribution in [1.29, 1.82) is 0 Å². The molecule has 0 aliphatic carbocycles. The van der Waals surface area contributed by atoms with Crippen LogP contribution in [0.25, 0.3) is 0 Å². The highest BCUT2D eigenvalue weighted by molar-refractivity contribution is 7.09. The Kier molecular flexibility index (Phi) is 8.68. The molecule has 0 spiro atoms. The smallest absolute Gasteiger partial charge is 0.251 e. The van der Waals surface area contributed by atoms with Crippen molar-refractivity contribution in [2.45, 2.75) is 32.3 Å². The first-order chi connectivity index (χ1) is 14.7. The zero-order valence-electron chi connectivity index (χ0n) is 16.8. The third kappa shape index (κ3) is 7.50. The fourth-order valence-electron chi connectivity index (χ4n) is 2.89. The lowest BCUT2D eigenvalue weighted by Crippen LogP contribution is -2.25. The van der Waals surface area contributed by atoms with E-state index in [1.807, 2.05) is 23.6 Å². The van der Waals surface area contributed by atoms with Crippen LogP contribution in [-0.4, -0.2) is 25.0 Å². The Labute approximate surface area is 180 Å². The summed E-state index contributed by atoms with van der Waals surface area (Å²) in [5.74, 6) is 0.567. The van der Waals surface area contributed by atoms with Gasteiger partial charge >= 0.3 is 0 Å². The minimum absolute atomic E-state index is 0.0437. The number of nitrogens with one attached hydrogen (secondary N) is 2. The highest BCUT2D eigenvalue weighted by Gasteiger charge is 2.08. The van der Waals surface area contributed by atoms with Crippen LogP contribution in [0.15, 0.2) is 64.6 Å². The lowest BCUT2D eigenvalue weighted by atomic mass is 10.1. The molecule has 0 aliphatic rings. The second-order valence-corrected chi connectivity index (χ2v) is 7.84. The second-order valence-electron chi connectivity index (χ2n) is 6.80. The van der Waals surface area contributed by atoms with Gasteiger partial charge in [-0.25, -0.2) is 0 Å². The van der Waals surface area contributed by atoms with Gasteiger partial charge in [-0.15, -0.1) is 11.3 Å². The molecule has 3 aromatic rings. The van der Waals surface area contributed by atoms with Crippen LogP contribution in [0, 0.1) is 0 Å². The molecule has 158 valence electrons. The van der Waals surface area contributed by atoms with E-state index in [1.54, 1.807) is 41.9 Å². The molecule has 0 atom stereocenters. The maximum absolute atomic E-state index is 12.3. The van der Waals surface area contributed by atoms with Gasteiger partial charge in [0.25, 0.3) is 5.91 Å². The van der Waals surface area contributed by atoms with E-state index in [0.29, 0.717) is 43.9 Å². The molecule has 2 heterocycles. The molecule has 2 N–H and O–H groups in total. The Balaban J connectivity index is 1.33. The number of hydrogen-bond acceptors (Lipinski definition) is 5. The topological polar surface area (TPSA) is 80.6 Å². The van der Waals surface area contributed by atoms with Gasteiger partial charge in [0.1, 0.15) is 12.4 Å². The van der Waals surface area contributed by atoms with Crippen LogP contribution in [0.3, 0.4) is 0 Å². The van der Waals surface area contributed by atoms with Crippen LogP contribution in [0.5, 0.6) is 0 Å². The third-order valence-electron chi connectivity index (χ3n) is 4.39. The van der Waals surface area contributed by atoms with E-state index in [1.165, 1.54) is 4.88 Å². The van der Waals surface area contributed by atoms with Crippen LogP contribution in [0.4, 0.5) is 5.69 Å². The molecular formula is C23H26N2O4S. The molecule has 0 aliphatic heterocycles. The number of carbonyl (C=O) groups excluding carboxylic acids is 2. The molecule has 3 rings (SSSR count). The first-order valence-corrected chi connectivity index (χ1v) is 10.9. The molecule has 2 amide bonds. The van der Waals surface area contributed by atoms with E-state index >= 15 is 0 Å². The maximum atomic E-state index is 12.3. The number of anilines is 1. The lowest BCUT2D eigenvalue weighted by Gasteiger charge is -2.09.